The molecule has 0 aliphatic heterocycles. The third-order valence-corrected chi connectivity index (χ3v) is 8.93. The Kier molecular flexibility index (Phi) is 6.48. The van der Waals surface area contributed by atoms with E-state index in [0.29, 0.717) is 26.2 Å². The van der Waals surface area contributed by atoms with Gasteiger partial charge in [-0.1, -0.05) is 24.3 Å². The first-order valence-corrected chi connectivity index (χ1v) is 14.2. The van der Waals surface area contributed by atoms with Gasteiger partial charge in [-0.2, -0.15) is 5.10 Å². The Balaban J connectivity index is 1.26. The Labute approximate surface area is 236 Å². The number of amides is 1. The summed E-state index contributed by atoms with van der Waals surface area (Å²) in [7, 11) is 0. The monoisotopic (exact) mass is 634 g/mol. The smallest absolute Gasteiger partial charge is 0.271 e. The molecular formula is C29H23IN4O3S. The maximum Gasteiger partial charge on any atom is 0.271 e. The fourth-order valence-corrected chi connectivity index (χ4v) is 6.98. The molecule has 0 saturated carbocycles. The second kappa shape index (κ2) is 9.95. The van der Waals surface area contributed by atoms with Gasteiger partial charge in [-0.15, -0.1) is 11.3 Å². The fourth-order valence-electron chi connectivity index (χ4n) is 5.05. The molecule has 2 aromatic heterocycles. The number of nitrogens with zero attached hydrogens (tertiary/aromatic N) is 3. The molecule has 0 unspecified atom stereocenters. The van der Waals surface area contributed by atoms with E-state index in [-0.39, 0.29) is 11.3 Å². The molecule has 38 heavy (non-hydrogen) atoms. The molecule has 7 nitrogen and oxygen atoms in total. The summed E-state index contributed by atoms with van der Waals surface area (Å²) >= 11 is 3.71. The lowest BCUT2D eigenvalue weighted by Crippen LogP contribution is -2.23. The van der Waals surface area contributed by atoms with Crippen LogP contribution in [0, 0.1) is 10.5 Å². The van der Waals surface area contributed by atoms with E-state index in [1.807, 2.05) is 37.3 Å². The second-order valence-electron chi connectivity index (χ2n) is 9.28. The van der Waals surface area contributed by atoms with Crippen LogP contribution in [0.15, 0.2) is 64.5 Å². The lowest BCUT2D eigenvalue weighted by Gasteiger charge is -2.12. The maximum atomic E-state index is 13.5. The van der Waals surface area contributed by atoms with Gasteiger partial charge in [0.15, 0.2) is 0 Å². The topological polar surface area (TPSA) is 96.6 Å². The number of phenolic OH excluding ortho intramolecular Hbond substituents is 1. The second-order valence-corrected chi connectivity index (χ2v) is 11.5. The summed E-state index contributed by atoms with van der Waals surface area (Å²) in [6, 6.07) is 16.4. The molecule has 3 aromatic carbocycles. The van der Waals surface area contributed by atoms with E-state index in [4.69, 9.17) is 4.98 Å². The van der Waals surface area contributed by atoms with E-state index in [9.17, 15) is 14.7 Å². The van der Waals surface area contributed by atoms with Crippen molar-refractivity contribution in [1.29, 1.82) is 0 Å². The van der Waals surface area contributed by atoms with Crippen molar-refractivity contribution in [2.75, 3.05) is 0 Å². The molecule has 5 aromatic rings. The number of hydrogen-bond acceptors (Lipinski definition) is 6. The van der Waals surface area contributed by atoms with Crippen molar-refractivity contribution < 1.29 is 9.90 Å². The number of nitrogens with one attached hydrogen (secondary N) is 1. The normalized spacial score (nSPS) is 13.3. The van der Waals surface area contributed by atoms with Crippen LogP contribution in [-0.2, 0) is 12.8 Å². The number of aromatic hydroxyl groups is 1. The molecule has 1 amide bonds. The Bertz CT molecular complexity index is 1820. The number of benzene rings is 3. The molecule has 1 aliphatic rings. The van der Waals surface area contributed by atoms with E-state index in [2.05, 4.69) is 33.1 Å². The first kappa shape index (κ1) is 24.7. The number of phenols is 1. The van der Waals surface area contributed by atoms with Crippen molar-refractivity contribution in [2.24, 2.45) is 5.10 Å². The molecule has 0 atom stereocenters. The van der Waals surface area contributed by atoms with E-state index in [1.54, 1.807) is 40.2 Å². The zero-order valence-electron chi connectivity index (χ0n) is 20.5. The average Bonchev–Trinajstić information content (AvgIpc) is 3.29. The molecule has 190 valence electrons. The number of hydrazone groups is 1. The predicted octanol–water partition coefficient (Wildman–Crippen LogP) is 5.86. The summed E-state index contributed by atoms with van der Waals surface area (Å²) in [5.41, 5.74) is 5.23. The van der Waals surface area contributed by atoms with Crippen LogP contribution in [0.25, 0.3) is 26.7 Å². The van der Waals surface area contributed by atoms with Gasteiger partial charge in [-0.25, -0.2) is 10.4 Å². The van der Waals surface area contributed by atoms with Crippen molar-refractivity contribution in [3.05, 3.63) is 95.9 Å². The number of thiophene rings is 1. The molecular weight excluding hydrogens is 611 g/mol. The maximum absolute atomic E-state index is 13.5. The third-order valence-electron chi connectivity index (χ3n) is 6.92. The van der Waals surface area contributed by atoms with Crippen LogP contribution in [0.3, 0.4) is 0 Å². The Morgan fingerprint density at radius 3 is 2.74 bits per heavy atom. The highest BCUT2D eigenvalue weighted by Gasteiger charge is 2.21. The van der Waals surface area contributed by atoms with Crippen LogP contribution in [0.1, 0.15) is 45.0 Å². The molecule has 6 rings (SSSR count). The summed E-state index contributed by atoms with van der Waals surface area (Å²) in [6.07, 6.45) is 5.64. The average molecular weight is 634 g/mol. The van der Waals surface area contributed by atoms with Crippen molar-refractivity contribution in [2.45, 2.75) is 32.6 Å². The fraction of sp³-hybridized carbons (Fsp3) is 0.172. The molecule has 9 heteroatoms. The van der Waals surface area contributed by atoms with Gasteiger partial charge in [0.25, 0.3) is 11.5 Å². The summed E-state index contributed by atoms with van der Waals surface area (Å²) in [5.74, 6) is 0.337. The Morgan fingerprint density at radius 2 is 1.92 bits per heavy atom. The van der Waals surface area contributed by atoms with Crippen LogP contribution in [-0.4, -0.2) is 26.8 Å². The van der Waals surface area contributed by atoms with Crippen LogP contribution in [0.5, 0.6) is 5.75 Å². The number of halogens is 1. The summed E-state index contributed by atoms with van der Waals surface area (Å²) in [4.78, 5) is 33.1. The van der Waals surface area contributed by atoms with Gasteiger partial charge in [0.2, 0.25) is 0 Å². The highest BCUT2D eigenvalue weighted by atomic mass is 127. The zero-order valence-corrected chi connectivity index (χ0v) is 23.5. The summed E-state index contributed by atoms with van der Waals surface area (Å²) in [5, 5.41) is 17.2. The quantitative estimate of drug-likeness (QED) is 0.147. The van der Waals surface area contributed by atoms with Crippen molar-refractivity contribution in [3.8, 4) is 11.4 Å². The zero-order chi connectivity index (χ0) is 26.4. The highest BCUT2D eigenvalue weighted by Crippen LogP contribution is 2.34. The van der Waals surface area contributed by atoms with Gasteiger partial charge in [0.05, 0.1) is 20.9 Å². The minimum atomic E-state index is -0.397. The number of carbonyl (C=O) groups excluding carboxylic acids is 1. The summed E-state index contributed by atoms with van der Waals surface area (Å²) < 4.78 is 2.32. The molecule has 0 fully saturated rings. The molecule has 2 heterocycles. The van der Waals surface area contributed by atoms with Gasteiger partial charge < -0.3 is 5.11 Å². The van der Waals surface area contributed by atoms with Crippen LogP contribution < -0.4 is 11.0 Å². The molecule has 2 N–H and O–H groups in total. The molecule has 0 bridgehead atoms. The largest absolute Gasteiger partial charge is 0.506 e. The number of carbonyl (C=O) groups is 1. The third kappa shape index (κ3) is 4.29. The van der Waals surface area contributed by atoms with Crippen molar-refractivity contribution in [3.63, 3.8) is 0 Å². The number of fused-ring (bicyclic) bond motifs is 4. The van der Waals surface area contributed by atoms with Crippen LogP contribution >= 0.6 is 33.9 Å². The SMILES string of the molecule is Cc1nc2sc3c(c2c(=O)n1-c1ccc(C(=O)N/N=C\c2c(O)c(I)cc4ccccc24)cc1)CCCC3. The van der Waals surface area contributed by atoms with Crippen LogP contribution in [0.4, 0.5) is 0 Å². The van der Waals surface area contributed by atoms with E-state index < -0.39 is 5.91 Å². The van der Waals surface area contributed by atoms with E-state index in [1.165, 1.54) is 11.1 Å². The first-order chi connectivity index (χ1) is 18.4. The highest BCUT2D eigenvalue weighted by molar-refractivity contribution is 14.1. The number of hydrogen-bond donors (Lipinski definition) is 2. The van der Waals surface area contributed by atoms with Gasteiger partial charge in [-0.05, 0) is 102 Å². The summed E-state index contributed by atoms with van der Waals surface area (Å²) in [6.45, 7) is 1.83. The number of rotatable bonds is 4. The molecule has 0 saturated heterocycles. The molecule has 0 spiro atoms. The molecule has 1 aliphatic carbocycles. The lowest BCUT2D eigenvalue weighted by molar-refractivity contribution is 0.0955. The van der Waals surface area contributed by atoms with Gasteiger partial charge >= 0.3 is 0 Å². The standard InChI is InChI=1S/C29H23IN4O3S/c1-16-32-28-25(21-8-4-5-9-24(21)38-28)29(37)34(16)19-12-10-17(11-13-19)27(36)33-31-15-22-20-7-3-2-6-18(20)14-23(30)26(22)35/h2-3,6-7,10-15,35H,4-5,8-9H2,1H3,(H,33,36)/b31-15-. The minimum absolute atomic E-state index is 0.0572. The Morgan fingerprint density at radius 1 is 1.16 bits per heavy atom. The minimum Gasteiger partial charge on any atom is -0.506 e. The van der Waals surface area contributed by atoms with E-state index in [0.717, 1.165) is 52.2 Å². The lowest BCUT2D eigenvalue weighted by atomic mass is 9.97. The number of aryl methyl sites for hydroxylation is 3. The predicted molar refractivity (Wildman–Crippen MR) is 160 cm³/mol. The van der Waals surface area contributed by atoms with Gasteiger partial charge in [-0.3, -0.25) is 14.2 Å². The Hall–Kier alpha value is -3.57. The van der Waals surface area contributed by atoms with Gasteiger partial charge in [0.1, 0.15) is 16.4 Å². The first-order valence-electron chi connectivity index (χ1n) is 12.3. The van der Waals surface area contributed by atoms with Crippen molar-refractivity contribution >= 4 is 67.0 Å². The van der Waals surface area contributed by atoms with Crippen LogP contribution in [0.2, 0.25) is 0 Å². The number of aromatic nitrogens is 2. The van der Waals surface area contributed by atoms with E-state index >= 15 is 0 Å². The molecule has 0 radical (unpaired) electrons. The van der Waals surface area contributed by atoms with Gasteiger partial charge in [0, 0.05) is 16.0 Å². The van der Waals surface area contributed by atoms with Crippen molar-refractivity contribution in [1.82, 2.24) is 15.0 Å².